The highest BCUT2D eigenvalue weighted by Gasteiger charge is 2.35. The summed E-state index contributed by atoms with van der Waals surface area (Å²) < 4.78 is 45.0. The molecule has 2 N–H and O–H groups in total. The fraction of sp³-hybridized carbons (Fsp3) is 0.471. The van der Waals surface area contributed by atoms with Crippen LogP contribution >= 0.6 is 12.2 Å². The van der Waals surface area contributed by atoms with Crippen LogP contribution in [0.1, 0.15) is 37.6 Å². The summed E-state index contributed by atoms with van der Waals surface area (Å²) in [5, 5.41) is 5.61. The van der Waals surface area contributed by atoms with Crippen LogP contribution in [0.4, 0.5) is 24.9 Å². The fourth-order valence-corrected chi connectivity index (χ4v) is 3.11. The first-order valence-corrected chi connectivity index (χ1v) is 9.04. The van der Waals surface area contributed by atoms with Gasteiger partial charge in [0.2, 0.25) is 5.95 Å². The van der Waals surface area contributed by atoms with Gasteiger partial charge in [-0.1, -0.05) is 0 Å². The minimum Gasteiger partial charge on any atom is -0.467 e. The summed E-state index contributed by atoms with van der Waals surface area (Å²) >= 11 is 5.13. The molecule has 1 aliphatic heterocycles. The van der Waals surface area contributed by atoms with E-state index in [-0.39, 0.29) is 22.9 Å². The van der Waals surface area contributed by atoms with Crippen molar-refractivity contribution in [3.63, 3.8) is 0 Å². The zero-order chi connectivity index (χ0) is 19.4. The number of thiocarbonyl (C=S) groups is 1. The van der Waals surface area contributed by atoms with Crippen molar-refractivity contribution < 1.29 is 17.6 Å². The van der Waals surface area contributed by atoms with Gasteiger partial charge in [-0.3, -0.25) is 0 Å². The molecule has 1 atom stereocenters. The summed E-state index contributed by atoms with van der Waals surface area (Å²) in [4.78, 5) is 9.72. The number of piperidine rings is 1. The summed E-state index contributed by atoms with van der Waals surface area (Å²) in [5.41, 5.74) is -0.999. The second-order valence-electron chi connectivity index (χ2n) is 6.36. The SMILES string of the molecule is C[C@@H]1CCCCN1c1cc(C(F)(F)F)nc(NC(=S)NCc2ccco2)n1. The van der Waals surface area contributed by atoms with Gasteiger partial charge in [0.05, 0.1) is 12.8 Å². The third kappa shape index (κ3) is 5.09. The van der Waals surface area contributed by atoms with Crippen LogP contribution in [-0.4, -0.2) is 27.7 Å². The average Bonchev–Trinajstić information content (AvgIpc) is 3.13. The maximum Gasteiger partial charge on any atom is 0.433 e. The lowest BCUT2D eigenvalue weighted by atomic mass is 10.0. The van der Waals surface area contributed by atoms with Crippen molar-refractivity contribution in [2.75, 3.05) is 16.8 Å². The second kappa shape index (κ2) is 8.12. The van der Waals surface area contributed by atoms with E-state index in [0.29, 0.717) is 18.8 Å². The quantitative estimate of drug-likeness (QED) is 0.755. The van der Waals surface area contributed by atoms with Gasteiger partial charge in [-0.25, -0.2) is 4.98 Å². The predicted molar refractivity (Wildman–Crippen MR) is 99.5 cm³/mol. The Balaban J connectivity index is 1.78. The first-order valence-electron chi connectivity index (χ1n) is 8.63. The summed E-state index contributed by atoms with van der Waals surface area (Å²) in [7, 11) is 0. The molecule has 1 fully saturated rings. The van der Waals surface area contributed by atoms with E-state index < -0.39 is 11.9 Å². The third-order valence-electron chi connectivity index (χ3n) is 4.33. The topological polar surface area (TPSA) is 66.2 Å². The largest absolute Gasteiger partial charge is 0.467 e. The number of furan rings is 1. The molecular formula is C17H20F3N5OS. The molecule has 3 rings (SSSR count). The van der Waals surface area contributed by atoms with Gasteiger partial charge in [0.25, 0.3) is 0 Å². The molecule has 2 aromatic rings. The van der Waals surface area contributed by atoms with E-state index in [1.54, 1.807) is 12.1 Å². The standard InChI is InChI=1S/C17H20F3N5OS/c1-11-5-2-3-7-25(11)14-9-13(17(18,19)20)22-15(23-14)24-16(27)21-10-12-6-4-8-26-12/h4,6,8-9,11H,2-3,5,7,10H2,1H3,(H2,21,22,23,24,27)/t11-/m1/s1. The van der Waals surface area contributed by atoms with Crippen LogP contribution in [0.5, 0.6) is 0 Å². The number of nitrogens with one attached hydrogen (secondary N) is 2. The molecule has 0 radical (unpaired) electrons. The normalized spacial score (nSPS) is 17.6. The summed E-state index contributed by atoms with van der Waals surface area (Å²) in [6, 6.07) is 4.60. The minimum atomic E-state index is -4.57. The van der Waals surface area contributed by atoms with Crippen molar-refractivity contribution >= 4 is 29.1 Å². The Bertz CT molecular complexity index is 781. The van der Waals surface area contributed by atoms with Gasteiger partial charge < -0.3 is 20.0 Å². The molecule has 6 nitrogen and oxygen atoms in total. The zero-order valence-corrected chi connectivity index (χ0v) is 15.5. The summed E-state index contributed by atoms with van der Waals surface area (Å²) in [5.74, 6) is 0.711. The number of aromatic nitrogens is 2. The molecule has 3 heterocycles. The molecule has 0 aromatic carbocycles. The lowest BCUT2D eigenvalue weighted by Crippen LogP contribution is -2.38. The zero-order valence-electron chi connectivity index (χ0n) is 14.7. The Hall–Kier alpha value is -2.36. The van der Waals surface area contributed by atoms with Gasteiger partial charge in [0.1, 0.15) is 11.6 Å². The van der Waals surface area contributed by atoms with Crippen molar-refractivity contribution in [1.82, 2.24) is 15.3 Å². The fourth-order valence-electron chi connectivity index (χ4n) is 2.95. The first-order chi connectivity index (χ1) is 12.8. The van der Waals surface area contributed by atoms with Gasteiger partial charge >= 0.3 is 6.18 Å². The molecule has 2 aromatic heterocycles. The monoisotopic (exact) mass is 399 g/mol. The van der Waals surface area contributed by atoms with Crippen LogP contribution in [0.2, 0.25) is 0 Å². The number of halogens is 3. The van der Waals surface area contributed by atoms with Gasteiger partial charge in [0.15, 0.2) is 10.8 Å². The molecule has 10 heteroatoms. The lowest BCUT2D eigenvalue weighted by molar-refractivity contribution is -0.141. The van der Waals surface area contributed by atoms with E-state index >= 15 is 0 Å². The number of alkyl halides is 3. The number of hydrogen-bond acceptors (Lipinski definition) is 5. The van der Waals surface area contributed by atoms with Crippen molar-refractivity contribution in [3.8, 4) is 0 Å². The lowest BCUT2D eigenvalue weighted by Gasteiger charge is -2.34. The van der Waals surface area contributed by atoms with Crippen molar-refractivity contribution in [1.29, 1.82) is 0 Å². The van der Waals surface area contributed by atoms with E-state index in [1.165, 1.54) is 6.26 Å². The maximum absolute atomic E-state index is 13.3. The molecule has 0 saturated carbocycles. The van der Waals surface area contributed by atoms with E-state index in [2.05, 4.69) is 20.6 Å². The van der Waals surface area contributed by atoms with E-state index in [1.807, 2.05) is 11.8 Å². The van der Waals surface area contributed by atoms with Crippen LogP contribution in [0, 0.1) is 0 Å². The van der Waals surface area contributed by atoms with Crippen LogP contribution in [0.3, 0.4) is 0 Å². The van der Waals surface area contributed by atoms with Gasteiger partial charge in [-0.2, -0.15) is 18.2 Å². The van der Waals surface area contributed by atoms with Crippen molar-refractivity contribution in [2.45, 2.75) is 44.9 Å². The highest BCUT2D eigenvalue weighted by molar-refractivity contribution is 7.80. The molecule has 0 spiro atoms. The number of nitrogens with zero attached hydrogens (tertiary/aromatic N) is 3. The Morgan fingerprint density at radius 1 is 1.37 bits per heavy atom. The Morgan fingerprint density at radius 2 is 2.19 bits per heavy atom. The minimum absolute atomic E-state index is 0.114. The van der Waals surface area contributed by atoms with Crippen LogP contribution < -0.4 is 15.5 Å². The Kier molecular flexibility index (Phi) is 5.83. The Labute approximate surface area is 160 Å². The van der Waals surface area contributed by atoms with Gasteiger partial charge in [0, 0.05) is 18.7 Å². The molecule has 0 bridgehead atoms. The molecule has 0 amide bonds. The molecule has 0 unspecified atom stereocenters. The number of anilines is 2. The van der Waals surface area contributed by atoms with E-state index in [0.717, 1.165) is 25.3 Å². The molecule has 1 aliphatic rings. The molecule has 27 heavy (non-hydrogen) atoms. The van der Waals surface area contributed by atoms with E-state index in [4.69, 9.17) is 16.6 Å². The molecule has 146 valence electrons. The summed E-state index contributed by atoms with van der Waals surface area (Å²) in [6.07, 6.45) is -0.161. The highest BCUT2D eigenvalue weighted by atomic mass is 32.1. The molecular weight excluding hydrogens is 379 g/mol. The smallest absolute Gasteiger partial charge is 0.433 e. The average molecular weight is 399 g/mol. The maximum atomic E-state index is 13.3. The first kappa shape index (κ1) is 19.4. The molecule has 1 saturated heterocycles. The number of rotatable bonds is 4. The van der Waals surface area contributed by atoms with Crippen molar-refractivity contribution in [3.05, 3.63) is 35.9 Å². The van der Waals surface area contributed by atoms with Crippen LogP contribution in [-0.2, 0) is 12.7 Å². The van der Waals surface area contributed by atoms with Gasteiger partial charge in [-0.05, 0) is 50.5 Å². The highest BCUT2D eigenvalue weighted by Crippen LogP contribution is 2.32. The van der Waals surface area contributed by atoms with Crippen molar-refractivity contribution in [2.24, 2.45) is 0 Å². The van der Waals surface area contributed by atoms with Crippen LogP contribution in [0.15, 0.2) is 28.9 Å². The molecule has 0 aliphatic carbocycles. The predicted octanol–water partition coefficient (Wildman–Crippen LogP) is 3.95. The van der Waals surface area contributed by atoms with Gasteiger partial charge in [-0.15, -0.1) is 0 Å². The summed E-state index contributed by atoms with van der Waals surface area (Å²) in [6.45, 7) is 2.95. The number of hydrogen-bond donors (Lipinski definition) is 2. The third-order valence-corrected chi connectivity index (χ3v) is 4.58. The van der Waals surface area contributed by atoms with Crippen LogP contribution in [0.25, 0.3) is 0 Å². The Morgan fingerprint density at radius 3 is 2.85 bits per heavy atom. The van der Waals surface area contributed by atoms with E-state index in [9.17, 15) is 13.2 Å². The second-order valence-corrected chi connectivity index (χ2v) is 6.77.